The summed E-state index contributed by atoms with van der Waals surface area (Å²) in [4.78, 5) is 14.9. The van der Waals surface area contributed by atoms with Gasteiger partial charge in [-0.25, -0.2) is 0 Å². The van der Waals surface area contributed by atoms with Gasteiger partial charge >= 0.3 is 0 Å². The maximum Gasteiger partial charge on any atom is 0.228 e. The zero-order valence-corrected chi connectivity index (χ0v) is 10.6. The standard InChI is InChI=1S/C12H12ClN3O2/c1-8(17)14-7-6-11-15-12(16-18-11)9-4-2-3-5-10(9)13/h2-5H,6-7H2,1H3,(H,14,17). The third-order valence-electron chi connectivity index (χ3n) is 2.30. The quantitative estimate of drug-likeness (QED) is 0.919. The number of carbonyl (C=O) groups is 1. The van der Waals surface area contributed by atoms with E-state index in [0.717, 1.165) is 5.56 Å². The fourth-order valence-corrected chi connectivity index (χ4v) is 1.67. The summed E-state index contributed by atoms with van der Waals surface area (Å²) in [5, 5.41) is 7.10. The van der Waals surface area contributed by atoms with E-state index >= 15 is 0 Å². The topological polar surface area (TPSA) is 68.0 Å². The van der Waals surface area contributed by atoms with E-state index in [1.54, 1.807) is 6.07 Å². The van der Waals surface area contributed by atoms with Crippen LogP contribution in [-0.4, -0.2) is 22.6 Å². The second-order valence-corrected chi connectivity index (χ2v) is 4.13. The molecule has 1 amide bonds. The minimum absolute atomic E-state index is 0.0826. The minimum Gasteiger partial charge on any atom is -0.356 e. The molecule has 5 nitrogen and oxygen atoms in total. The van der Waals surface area contributed by atoms with E-state index < -0.39 is 0 Å². The lowest BCUT2D eigenvalue weighted by molar-refractivity contribution is -0.118. The highest BCUT2D eigenvalue weighted by atomic mass is 35.5. The molecule has 6 heteroatoms. The highest BCUT2D eigenvalue weighted by Gasteiger charge is 2.10. The van der Waals surface area contributed by atoms with Gasteiger partial charge in [-0.1, -0.05) is 28.9 Å². The number of rotatable bonds is 4. The number of nitrogens with zero attached hydrogens (tertiary/aromatic N) is 2. The van der Waals surface area contributed by atoms with Crippen molar-refractivity contribution >= 4 is 17.5 Å². The SMILES string of the molecule is CC(=O)NCCc1nc(-c2ccccc2Cl)no1. The van der Waals surface area contributed by atoms with Gasteiger partial charge in [0.1, 0.15) is 0 Å². The zero-order chi connectivity index (χ0) is 13.0. The van der Waals surface area contributed by atoms with Gasteiger partial charge in [0.05, 0.1) is 5.02 Å². The maximum absolute atomic E-state index is 10.7. The minimum atomic E-state index is -0.0826. The number of nitrogens with one attached hydrogen (secondary N) is 1. The van der Waals surface area contributed by atoms with Crippen LogP contribution >= 0.6 is 11.6 Å². The van der Waals surface area contributed by atoms with E-state index in [1.165, 1.54) is 6.92 Å². The van der Waals surface area contributed by atoms with Crippen molar-refractivity contribution in [3.05, 3.63) is 35.2 Å². The van der Waals surface area contributed by atoms with Gasteiger partial charge in [0.25, 0.3) is 0 Å². The molecule has 0 saturated carbocycles. The van der Waals surface area contributed by atoms with Crippen molar-refractivity contribution in [2.45, 2.75) is 13.3 Å². The molecule has 94 valence electrons. The molecule has 0 spiro atoms. The van der Waals surface area contributed by atoms with Crippen molar-refractivity contribution in [3.63, 3.8) is 0 Å². The average molecular weight is 266 g/mol. The molecule has 1 aromatic carbocycles. The number of hydrogen-bond donors (Lipinski definition) is 1. The molecule has 2 rings (SSSR count). The number of benzene rings is 1. The summed E-state index contributed by atoms with van der Waals surface area (Å²) in [5.74, 6) is 0.845. The summed E-state index contributed by atoms with van der Waals surface area (Å²) in [6.45, 7) is 1.93. The Kier molecular flexibility index (Phi) is 3.94. The summed E-state index contributed by atoms with van der Waals surface area (Å²) in [6.07, 6.45) is 0.497. The van der Waals surface area contributed by atoms with E-state index in [4.69, 9.17) is 16.1 Å². The highest BCUT2D eigenvalue weighted by molar-refractivity contribution is 6.33. The third kappa shape index (κ3) is 3.07. The monoisotopic (exact) mass is 265 g/mol. The number of amides is 1. The first-order chi connectivity index (χ1) is 8.66. The second-order valence-electron chi connectivity index (χ2n) is 3.72. The highest BCUT2D eigenvalue weighted by Crippen LogP contribution is 2.24. The predicted octanol–water partition coefficient (Wildman–Crippen LogP) is 2.07. The summed E-state index contributed by atoms with van der Waals surface area (Å²) in [7, 11) is 0. The summed E-state index contributed by atoms with van der Waals surface area (Å²) >= 11 is 6.04. The number of aromatic nitrogens is 2. The smallest absolute Gasteiger partial charge is 0.228 e. The second kappa shape index (κ2) is 5.64. The Morgan fingerprint density at radius 2 is 2.22 bits per heavy atom. The Bertz CT molecular complexity index is 554. The van der Waals surface area contributed by atoms with Gasteiger partial charge in [0, 0.05) is 25.5 Å². The van der Waals surface area contributed by atoms with Gasteiger partial charge in [-0.2, -0.15) is 4.98 Å². The number of halogens is 1. The first-order valence-corrected chi connectivity index (χ1v) is 5.86. The van der Waals surface area contributed by atoms with Crippen LogP contribution in [-0.2, 0) is 11.2 Å². The molecular formula is C12H12ClN3O2. The van der Waals surface area contributed by atoms with Crippen molar-refractivity contribution in [2.75, 3.05) is 6.54 Å². The normalized spacial score (nSPS) is 10.3. The molecule has 0 radical (unpaired) electrons. The molecule has 0 aliphatic heterocycles. The molecule has 0 aliphatic rings. The molecule has 1 heterocycles. The van der Waals surface area contributed by atoms with Crippen molar-refractivity contribution in [1.29, 1.82) is 0 Å². The molecule has 2 aromatic rings. The van der Waals surface area contributed by atoms with Gasteiger partial charge in [-0.15, -0.1) is 0 Å². The van der Waals surface area contributed by atoms with E-state index in [1.807, 2.05) is 18.2 Å². The van der Waals surface area contributed by atoms with E-state index in [0.29, 0.717) is 29.7 Å². The summed E-state index contributed by atoms with van der Waals surface area (Å²) < 4.78 is 5.08. The van der Waals surface area contributed by atoms with E-state index in [2.05, 4.69) is 15.5 Å². The largest absolute Gasteiger partial charge is 0.356 e. The molecule has 0 unspecified atom stereocenters. The zero-order valence-electron chi connectivity index (χ0n) is 9.81. The van der Waals surface area contributed by atoms with Crippen molar-refractivity contribution < 1.29 is 9.32 Å². The van der Waals surface area contributed by atoms with Crippen LogP contribution in [0, 0.1) is 0 Å². The van der Waals surface area contributed by atoms with Crippen LogP contribution in [0.25, 0.3) is 11.4 Å². The predicted molar refractivity (Wildman–Crippen MR) is 67.1 cm³/mol. The van der Waals surface area contributed by atoms with Crippen LogP contribution in [0.2, 0.25) is 5.02 Å². The molecule has 0 aliphatic carbocycles. The molecule has 0 bridgehead atoms. The van der Waals surface area contributed by atoms with E-state index in [-0.39, 0.29) is 5.91 Å². The fourth-order valence-electron chi connectivity index (χ4n) is 1.45. The van der Waals surface area contributed by atoms with Crippen molar-refractivity contribution in [2.24, 2.45) is 0 Å². The molecule has 1 aromatic heterocycles. The first-order valence-electron chi connectivity index (χ1n) is 5.49. The molecular weight excluding hydrogens is 254 g/mol. The Labute approximate surface area is 109 Å². The maximum atomic E-state index is 10.7. The Balaban J connectivity index is 2.06. The Morgan fingerprint density at radius 1 is 1.44 bits per heavy atom. The van der Waals surface area contributed by atoms with Crippen molar-refractivity contribution in [1.82, 2.24) is 15.5 Å². The van der Waals surface area contributed by atoms with Gasteiger partial charge < -0.3 is 9.84 Å². The summed E-state index contributed by atoms with van der Waals surface area (Å²) in [5.41, 5.74) is 0.730. The van der Waals surface area contributed by atoms with Gasteiger partial charge in [-0.05, 0) is 12.1 Å². The lowest BCUT2D eigenvalue weighted by atomic mass is 10.2. The lowest BCUT2D eigenvalue weighted by Crippen LogP contribution is -2.22. The van der Waals surface area contributed by atoms with Gasteiger partial charge in [0.2, 0.25) is 17.6 Å². The molecule has 0 fully saturated rings. The average Bonchev–Trinajstić information content (AvgIpc) is 2.78. The third-order valence-corrected chi connectivity index (χ3v) is 2.63. The molecule has 1 N–H and O–H groups in total. The van der Waals surface area contributed by atoms with E-state index in [9.17, 15) is 4.79 Å². The molecule has 18 heavy (non-hydrogen) atoms. The van der Waals surface area contributed by atoms with Crippen LogP contribution in [0.15, 0.2) is 28.8 Å². The Morgan fingerprint density at radius 3 is 2.94 bits per heavy atom. The van der Waals surface area contributed by atoms with Crippen LogP contribution in [0.5, 0.6) is 0 Å². The van der Waals surface area contributed by atoms with Crippen molar-refractivity contribution in [3.8, 4) is 11.4 Å². The van der Waals surface area contributed by atoms with Gasteiger partial charge in [0.15, 0.2) is 0 Å². The summed E-state index contributed by atoms with van der Waals surface area (Å²) in [6, 6.07) is 7.28. The fraction of sp³-hybridized carbons (Fsp3) is 0.250. The van der Waals surface area contributed by atoms with Crippen LogP contribution in [0.4, 0.5) is 0 Å². The number of hydrogen-bond acceptors (Lipinski definition) is 4. The van der Waals surface area contributed by atoms with Crippen LogP contribution < -0.4 is 5.32 Å². The Hall–Kier alpha value is -1.88. The molecule has 0 saturated heterocycles. The lowest BCUT2D eigenvalue weighted by Gasteiger charge is -1.97. The van der Waals surface area contributed by atoms with Crippen LogP contribution in [0.1, 0.15) is 12.8 Å². The first kappa shape index (κ1) is 12.6. The van der Waals surface area contributed by atoms with Crippen LogP contribution in [0.3, 0.4) is 0 Å². The molecule has 0 atom stereocenters. The number of carbonyl (C=O) groups excluding carboxylic acids is 1. The van der Waals surface area contributed by atoms with Gasteiger partial charge in [-0.3, -0.25) is 4.79 Å².